The zero-order valence-corrected chi connectivity index (χ0v) is 13.8. The summed E-state index contributed by atoms with van der Waals surface area (Å²) in [6, 6.07) is 8.61. The SMILES string of the molecule is CC(=CC(=O)NC1CCN2CCCC2C1)c1ccccc1Cl. The molecule has 2 fully saturated rings. The molecule has 0 spiro atoms. The number of hydrogen-bond acceptors (Lipinski definition) is 2. The second-order valence-electron chi connectivity index (χ2n) is 6.37. The number of piperidine rings is 1. The van der Waals surface area contributed by atoms with Gasteiger partial charge in [-0.1, -0.05) is 29.8 Å². The Kier molecular flexibility index (Phi) is 4.84. The van der Waals surface area contributed by atoms with Crippen LogP contribution in [0.4, 0.5) is 0 Å². The maximum Gasteiger partial charge on any atom is 0.244 e. The Labute approximate surface area is 137 Å². The van der Waals surface area contributed by atoms with Crippen LogP contribution >= 0.6 is 11.6 Å². The van der Waals surface area contributed by atoms with Crippen molar-refractivity contribution < 1.29 is 4.79 Å². The fraction of sp³-hybridized carbons (Fsp3) is 0.500. The molecule has 2 unspecified atom stereocenters. The highest BCUT2D eigenvalue weighted by atomic mass is 35.5. The van der Waals surface area contributed by atoms with E-state index in [9.17, 15) is 4.79 Å². The number of benzene rings is 1. The molecular weight excluding hydrogens is 296 g/mol. The average molecular weight is 319 g/mol. The Morgan fingerprint density at radius 3 is 2.95 bits per heavy atom. The minimum Gasteiger partial charge on any atom is -0.350 e. The van der Waals surface area contributed by atoms with Gasteiger partial charge in [0.2, 0.25) is 5.91 Å². The monoisotopic (exact) mass is 318 g/mol. The Hall–Kier alpha value is -1.32. The van der Waals surface area contributed by atoms with Crippen molar-refractivity contribution in [1.82, 2.24) is 10.2 Å². The summed E-state index contributed by atoms with van der Waals surface area (Å²) in [7, 11) is 0. The maximum absolute atomic E-state index is 12.3. The molecule has 118 valence electrons. The predicted molar refractivity (Wildman–Crippen MR) is 90.9 cm³/mol. The van der Waals surface area contributed by atoms with Crippen molar-refractivity contribution in [2.45, 2.75) is 44.7 Å². The van der Waals surface area contributed by atoms with Gasteiger partial charge in [0, 0.05) is 29.7 Å². The Morgan fingerprint density at radius 1 is 1.32 bits per heavy atom. The lowest BCUT2D eigenvalue weighted by Gasteiger charge is -2.34. The summed E-state index contributed by atoms with van der Waals surface area (Å²) >= 11 is 6.18. The minimum atomic E-state index is -0.00568. The van der Waals surface area contributed by atoms with E-state index in [2.05, 4.69) is 10.2 Å². The number of allylic oxidation sites excluding steroid dienone is 1. The Morgan fingerprint density at radius 2 is 2.14 bits per heavy atom. The fourth-order valence-corrected chi connectivity index (χ4v) is 3.94. The molecule has 3 nitrogen and oxygen atoms in total. The number of nitrogens with one attached hydrogen (secondary N) is 1. The third kappa shape index (κ3) is 3.53. The van der Waals surface area contributed by atoms with E-state index in [4.69, 9.17) is 11.6 Å². The molecule has 0 saturated carbocycles. The van der Waals surface area contributed by atoms with Gasteiger partial charge in [-0.05, 0) is 56.4 Å². The second kappa shape index (κ2) is 6.84. The molecule has 1 aromatic carbocycles. The Balaban J connectivity index is 1.60. The lowest BCUT2D eigenvalue weighted by molar-refractivity contribution is -0.117. The lowest BCUT2D eigenvalue weighted by atomic mass is 9.97. The molecule has 2 saturated heterocycles. The number of nitrogens with zero attached hydrogens (tertiary/aromatic N) is 1. The summed E-state index contributed by atoms with van der Waals surface area (Å²) in [6.45, 7) is 4.28. The fourth-order valence-electron chi connectivity index (χ4n) is 3.65. The topological polar surface area (TPSA) is 32.3 Å². The number of hydrogen-bond donors (Lipinski definition) is 1. The van der Waals surface area contributed by atoms with Crippen molar-refractivity contribution in [1.29, 1.82) is 0 Å². The normalized spacial score (nSPS) is 25.8. The summed E-state index contributed by atoms with van der Waals surface area (Å²) in [4.78, 5) is 14.8. The largest absolute Gasteiger partial charge is 0.350 e. The van der Waals surface area contributed by atoms with E-state index in [1.54, 1.807) is 6.08 Å². The third-order valence-corrected chi connectivity index (χ3v) is 5.14. The van der Waals surface area contributed by atoms with Crippen LogP contribution in [-0.4, -0.2) is 36.0 Å². The highest BCUT2D eigenvalue weighted by Gasteiger charge is 2.31. The molecule has 0 radical (unpaired) electrons. The highest BCUT2D eigenvalue weighted by Crippen LogP contribution is 2.27. The van der Waals surface area contributed by atoms with E-state index in [1.165, 1.54) is 19.4 Å². The molecule has 3 rings (SSSR count). The number of carbonyl (C=O) groups excluding carboxylic acids is 1. The number of rotatable bonds is 3. The molecule has 2 heterocycles. The molecule has 1 aromatic rings. The van der Waals surface area contributed by atoms with Gasteiger partial charge in [0.1, 0.15) is 0 Å². The third-order valence-electron chi connectivity index (χ3n) is 4.81. The van der Waals surface area contributed by atoms with Crippen LogP contribution in [0.15, 0.2) is 30.3 Å². The molecule has 1 amide bonds. The van der Waals surface area contributed by atoms with Gasteiger partial charge in [-0.3, -0.25) is 4.79 Å². The van der Waals surface area contributed by atoms with Gasteiger partial charge in [0.05, 0.1) is 0 Å². The lowest BCUT2D eigenvalue weighted by Crippen LogP contribution is -2.47. The van der Waals surface area contributed by atoms with Crippen LogP contribution in [-0.2, 0) is 4.79 Å². The molecule has 22 heavy (non-hydrogen) atoms. The van der Waals surface area contributed by atoms with E-state index < -0.39 is 0 Å². The first-order chi connectivity index (χ1) is 10.6. The zero-order chi connectivity index (χ0) is 15.5. The molecule has 1 N–H and O–H groups in total. The van der Waals surface area contributed by atoms with Crippen molar-refractivity contribution in [2.24, 2.45) is 0 Å². The van der Waals surface area contributed by atoms with Gasteiger partial charge >= 0.3 is 0 Å². The summed E-state index contributed by atoms with van der Waals surface area (Å²) in [6.07, 6.45) is 6.39. The van der Waals surface area contributed by atoms with Crippen molar-refractivity contribution in [3.63, 3.8) is 0 Å². The van der Waals surface area contributed by atoms with Crippen LogP contribution < -0.4 is 5.32 Å². The van der Waals surface area contributed by atoms with Crippen molar-refractivity contribution in [2.75, 3.05) is 13.1 Å². The van der Waals surface area contributed by atoms with Crippen molar-refractivity contribution >= 4 is 23.1 Å². The van der Waals surface area contributed by atoms with Gasteiger partial charge in [0.25, 0.3) is 0 Å². The number of fused-ring (bicyclic) bond motifs is 1. The number of halogens is 1. The van der Waals surface area contributed by atoms with E-state index in [1.807, 2.05) is 31.2 Å². The molecule has 0 aliphatic carbocycles. The van der Waals surface area contributed by atoms with E-state index >= 15 is 0 Å². The van der Waals surface area contributed by atoms with E-state index in [0.29, 0.717) is 17.1 Å². The molecule has 2 aliphatic heterocycles. The minimum absolute atomic E-state index is 0.00568. The average Bonchev–Trinajstić information content (AvgIpc) is 2.95. The molecule has 2 aliphatic rings. The van der Waals surface area contributed by atoms with Gasteiger partial charge < -0.3 is 10.2 Å². The first-order valence-electron chi connectivity index (χ1n) is 8.11. The van der Waals surface area contributed by atoms with Gasteiger partial charge in [-0.2, -0.15) is 0 Å². The van der Waals surface area contributed by atoms with Crippen molar-refractivity contribution in [3.8, 4) is 0 Å². The summed E-state index contributed by atoms with van der Waals surface area (Å²) in [5, 5.41) is 3.85. The number of amides is 1. The van der Waals surface area contributed by atoms with Crippen LogP contribution in [0.2, 0.25) is 5.02 Å². The van der Waals surface area contributed by atoms with Gasteiger partial charge in [-0.15, -0.1) is 0 Å². The van der Waals surface area contributed by atoms with Gasteiger partial charge in [-0.25, -0.2) is 0 Å². The maximum atomic E-state index is 12.3. The summed E-state index contributed by atoms with van der Waals surface area (Å²) < 4.78 is 0. The van der Waals surface area contributed by atoms with E-state index in [0.717, 1.165) is 30.5 Å². The predicted octanol–water partition coefficient (Wildman–Crippen LogP) is 3.49. The summed E-state index contributed by atoms with van der Waals surface area (Å²) in [5.41, 5.74) is 1.83. The van der Waals surface area contributed by atoms with Crippen molar-refractivity contribution in [3.05, 3.63) is 40.9 Å². The van der Waals surface area contributed by atoms with Crippen LogP contribution in [0.3, 0.4) is 0 Å². The van der Waals surface area contributed by atoms with E-state index in [-0.39, 0.29) is 5.91 Å². The first-order valence-corrected chi connectivity index (χ1v) is 8.49. The highest BCUT2D eigenvalue weighted by molar-refractivity contribution is 6.32. The van der Waals surface area contributed by atoms with Crippen LogP contribution in [0.5, 0.6) is 0 Å². The smallest absolute Gasteiger partial charge is 0.244 e. The zero-order valence-electron chi connectivity index (χ0n) is 13.0. The van der Waals surface area contributed by atoms with Gasteiger partial charge in [0.15, 0.2) is 0 Å². The van der Waals surface area contributed by atoms with Crippen LogP contribution in [0, 0.1) is 0 Å². The first kappa shape index (κ1) is 15.6. The molecule has 0 aromatic heterocycles. The molecule has 4 heteroatoms. The molecular formula is C18H23ClN2O. The quantitative estimate of drug-likeness (QED) is 0.865. The van der Waals surface area contributed by atoms with Crippen LogP contribution in [0.25, 0.3) is 5.57 Å². The molecule has 0 bridgehead atoms. The second-order valence-corrected chi connectivity index (χ2v) is 6.78. The molecule has 2 atom stereocenters. The summed E-state index contributed by atoms with van der Waals surface area (Å²) in [5.74, 6) is -0.00568. The Bertz CT molecular complexity index is 584. The number of carbonyl (C=O) groups is 1. The standard InChI is InChI=1S/C18H23ClN2O/c1-13(16-6-2-3-7-17(16)19)11-18(22)20-14-8-10-21-9-4-5-15(21)12-14/h2-3,6-7,11,14-15H,4-5,8-10,12H2,1H3,(H,20,22). The van der Waals surface area contributed by atoms with Crippen LogP contribution in [0.1, 0.15) is 38.2 Å².